The molecule has 1 amide bonds. The lowest BCUT2D eigenvalue weighted by atomic mass is 9.95. The third kappa shape index (κ3) is 5.41. The molecule has 1 aliphatic carbocycles. The minimum absolute atomic E-state index is 0.00474. The van der Waals surface area contributed by atoms with Crippen LogP contribution in [0.15, 0.2) is 18.2 Å². The summed E-state index contributed by atoms with van der Waals surface area (Å²) in [7, 11) is 1.53. The summed E-state index contributed by atoms with van der Waals surface area (Å²) in [4.78, 5) is 24.2. The number of rotatable bonds is 6. The van der Waals surface area contributed by atoms with Crippen molar-refractivity contribution in [3.8, 4) is 5.75 Å². The first kappa shape index (κ1) is 18.6. The van der Waals surface area contributed by atoms with E-state index in [1.54, 1.807) is 25.1 Å². The lowest BCUT2D eigenvalue weighted by Gasteiger charge is -2.24. The van der Waals surface area contributed by atoms with Gasteiger partial charge in [0.05, 0.1) is 13.5 Å². The molecule has 0 bridgehead atoms. The monoisotopic (exact) mass is 353 g/mol. The Morgan fingerprint density at radius 1 is 1.29 bits per heavy atom. The Bertz CT molecular complexity index is 584. The topological polar surface area (TPSA) is 64.6 Å². The van der Waals surface area contributed by atoms with Crippen LogP contribution in [0.5, 0.6) is 5.75 Å². The van der Waals surface area contributed by atoms with Crippen LogP contribution in [0.3, 0.4) is 0 Å². The summed E-state index contributed by atoms with van der Waals surface area (Å²) in [5, 5.41) is 3.47. The first-order chi connectivity index (χ1) is 11.5. The predicted molar refractivity (Wildman–Crippen MR) is 92.3 cm³/mol. The van der Waals surface area contributed by atoms with Crippen molar-refractivity contribution in [1.82, 2.24) is 5.32 Å². The second-order valence-electron chi connectivity index (χ2n) is 6.11. The van der Waals surface area contributed by atoms with Crippen LogP contribution in [-0.2, 0) is 20.7 Å². The molecule has 1 aromatic rings. The molecule has 1 aromatic carbocycles. The fourth-order valence-electron chi connectivity index (χ4n) is 2.90. The standard InChI is InChI=1S/C18H24ClNO4/c1-12(18(22)20-15-6-4-3-5-7-15)24-17(21)11-13-10-14(19)8-9-16(13)23-2/h8-10,12,15H,3-7,11H2,1-2H3,(H,20,22)/t12-/m1/s1. The zero-order chi connectivity index (χ0) is 17.5. The highest BCUT2D eigenvalue weighted by atomic mass is 35.5. The van der Waals surface area contributed by atoms with Crippen LogP contribution in [0.2, 0.25) is 5.02 Å². The molecule has 0 aliphatic heterocycles. The molecule has 132 valence electrons. The molecule has 1 aliphatic rings. The Balaban J connectivity index is 1.86. The molecule has 2 rings (SSSR count). The normalized spacial score (nSPS) is 16.3. The van der Waals surface area contributed by atoms with Gasteiger partial charge < -0.3 is 14.8 Å². The summed E-state index contributed by atoms with van der Waals surface area (Å²) >= 11 is 5.95. The van der Waals surface area contributed by atoms with Gasteiger partial charge in [0, 0.05) is 16.6 Å². The second-order valence-corrected chi connectivity index (χ2v) is 6.54. The minimum Gasteiger partial charge on any atom is -0.496 e. The number of carbonyl (C=O) groups excluding carboxylic acids is 2. The van der Waals surface area contributed by atoms with E-state index in [4.69, 9.17) is 21.1 Å². The Kier molecular flexibility index (Phi) is 6.91. The summed E-state index contributed by atoms with van der Waals surface area (Å²) in [5.74, 6) is -0.161. The third-order valence-electron chi connectivity index (χ3n) is 4.21. The SMILES string of the molecule is COc1ccc(Cl)cc1CC(=O)O[C@H](C)C(=O)NC1CCCCC1. The van der Waals surface area contributed by atoms with E-state index in [-0.39, 0.29) is 18.4 Å². The van der Waals surface area contributed by atoms with Crippen molar-refractivity contribution in [2.45, 2.75) is 57.6 Å². The number of esters is 1. The molecular weight excluding hydrogens is 330 g/mol. The van der Waals surface area contributed by atoms with Crippen molar-refractivity contribution in [2.75, 3.05) is 7.11 Å². The van der Waals surface area contributed by atoms with Gasteiger partial charge in [0.25, 0.3) is 5.91 Å². The fraction of sp³-hybridized carbons (Fsp3) is 0.556. The molecule has 1 saturated carbocycles. The van der Waals surface area contributed by atoms with Crippen molar-refractivity contribution in [3.05, 3.63) is 28.8 Å². The molecule has 6 heteroatoms. The van der Waals surface area contributed by atoms with E-state index >= 15 is 0 Å². The third-order valence-corrected chi connectivity index (χ3v) is 4.44. The Morgan fingerprint density at radius 2 is 2.00 bits per heavy atom. The highest BCUT2D eigenvalue weighted by molar-refractivity contribution is 6.30. The molecule has 0 heterocycles. The van der Waals surface area contributed by atoms with Crippen LogP contribution in [0, 0.1) is 0 Å². The zero-order valence-corrected chi connectivity index (χ0v) is 14.9. The first-order valence-electron chi connectivity index (χ1n) is 8.32. The van der Waals surface area contributed by atoms with E-state index in [2.05, 4.69) is 5.32 Å². The van der Waals surface area contributed by atoms with Gasteiger partial charge in [0.1, 0.15) is 5.75 Å². The van der Waals surface area contributed by atoms with Gasteiger partial charge in [-0.15, -0.1) is 0 Å². The van der Waals surface area contributed by atoms with Crippen LogP contribution in [0.4, 0.5) is 0 Å². The minimum atomic E-state index is -0.815. The van der Waals surface area contributed by atoms with Gasteiger partial charge in [0.15, 0.2) is 6.10 Å². The van der Waals surface area contributed by atoms with E-state index in [1.807, 2.05) is 0 Å². The van der Waals surface area contributed by atoms with Crippen molar-refractivity contribution < 1.29 is 19.1 Å². The maximum absolute atomic E-state index is 12.1. The van der Waals surface area contributed by atoms with Crippen molar-refractivity contribution in [1.29, 1.82) is 0 Å². The molecule has 0 radical (unpaired) electrons. The van der Waals surface area contributed by atoms with Crippen LogP contribution in [-0.4, -0.2) is 31.1 Å². The smallest absolute Gasteiger partial charge is 0.311 e. The first-order valence-corrected chi connectivity index (χ1v) is 8.69. The Labute approximate surface area is 147 Å². The maximum Gasteiger partial charge on any atom is 0.311 e. The van der Waals surface area contributed by atoms with Crippen molar-refractivity contribution in [2.24, 2.45) is 0 Å². The number of halogens is 1. The Hall–Kier alpha value is -1.75. The number of amides is 1. The second kappa shape index (κ2) is 8.92. The van der Waals surface area contributed by atoms with Crippen molar-refractivity contribution >= 4 is 23.5 Å². The lowest BCUT2D eigenvalue weighted by molar-refractivity contribution is -0.154. The maximum atomic E-state index is 12.1. The molecule has 0 aromatic heterocycles. The average molecular weight is 354 g/mol. The zero-order valence-electron chi connectivity index (χ0n) is 14.1. The van der Waals surface area contributed by atoms with Gasteiger partial charge in [0.2, 0.25) is 0 Å². The van der Waals surface area contributed by atoms with Gasteiger partial charge in [-0.05, 0) is 38.0 Å². The molecule has 0 saturated heterocycles. The van der Waals surface area contributed by atoms with E-state index in [0.29, 0.717) is 16.3 Å². The molecule has 24 heavy (non-hydrogen) atoms. The number of ether oxygens (including phenoxy) is 2. The van der Waals surface area contributed by atoms with E-state index in [1.165, 1.54) is 13.5 Å². The van der Waals surface area contributed by atoms with Crippen LogP contribution in [0.1, 0.15) is 44.6 Å². The van der Waals surface area contributed by atoms with Gasteiger partial charge in [-0.1, -0.05) is 30.9 Å². The van der Waals surface area contributed by atoms with Gasteiger partial charge >= 0.3 is 5.97 Å². The number of nitrogens with one attached hydrogen (secondary N) is 1. The summed E-state index contributed by atoms with van der Waals surface area (Å²) < 4.78 is 10.5. The van der Waals surface area contributed by atoms with Gasteiger partial charge in [-0.2, -0.15) is 0 Å². The molecule has 1 atom stereocenters. The van der Waals surface area contributed by atoms with Crippen molar-refractivity contribution in [3.63, 3.8) is 0 Å². The largest absolute Gasteiger partial charge is 0.496 e. The van der Waals surface area contributed by atoms with Gasteiger partial charge in [-0.25, -0.2) is 0 Å². The number of carbonyl (C=O) groups is 2. The fourth-order valence-corrected chi connectivity index (χ4v) is 3.09. The summed E-state index contributed by atoms with van der Waals surface area (Å²) in [6.45, 7) is 1.59. The van der Waals surface area contributed by atoms with E-state index < -0.39 is 12.1 Å². The summed E-state index contributed by atoms with van der Waals surface area (Å²) in [5.41, 5.74) is 0.634. The van der Waals surface area contributed by atoms with Crippen LogP contribution >= 0.6 is 11.6 Å². The quantitative estimate of drug-likeness (QED) is 0.797. The highest BCUT2D eigenvalue weighted by Gasteiger charge is 2.22. The number of benzene rings is 1. The van der Waals surface area contributed by atoms with Crippen LogP contribution < -0.4 is 10.1 Å². The number of methoxy groups -OCH3 is 1. The lowest BCUT2D eigenvalue weighted by Crippen LogP contribution is -2.42. The molecular formula is C18H24ClNO4. The highest BCUT2D eigenvalue weighted by Crippen LogP contribution is 2.23. The average Bonchev–Trinajstić information content (AvgIpc) is 2.55. The molecule has 0 spiro atoms. The number of hydrogen-bond donors (Lipinski definition) is 1. The van der Waals surface area contributed by atoms with Gasteiger partial charge in [-0.3, -0.25) is 9.59 Å². The molecule has 1 N–H and O–H groups in total. The summed E-state index contributed by atoms with van der Waals surface area (Å²) in [6, 6.07) is 5.24. The van der Waals surface area contributed by atoms with Crippen LogP contribution in [0.25, 0.3) is 0 Å². The molecule has 1 fully saturated rings. The molecule has 5 nitrogen and oxygen atoms in total. The Morgan fingerprint density at radius 3 is 2.67 bits per heavy atom. The molecule has 0 unspecified atom stereocenters. The number of hydrogen-bond acceptors (Lipinski definition) is 4. The summed E-state index contributed by atoms with van der Waals surface area (Å²) in [6.07, 6.45) is 4.66. The predicted octanol–water partition coefficient (Wildman–Crippen LogP) is 3.27. The van der Waals surface area contributed by atoms with E-state index in [9.17, 15) is 9.59 Å². The van der Waals surface area contributed by atoms with E-state index in [0.717, 1.165) is 25.7 Å².